The van der Waals surface area contributed by atoms with Crippen LogP contribution in [0.15, 0.2) is 0 Å². The molecule has 1 atom stereocenters. The van der Waals surface area contributed by atoms with Crippen molar-refractivity contribution in [3.05, 3.63) is 0 Å². The molecule has 1 unspecified atom stereocenters. The predicted octanol–water partition coefficient (Wildman–Crippen LogP) is 0.334. The number of hydrogen-bond donors (Lipinski definition) is 1. The van der Waals surface area contributed by atoms with Crippen LogP contribution in [0.3, 0.4) is 0 Å². The zero-order chi connectivity index (χ0) is 6.74. The monoisotopic (exact) mass is 133 g/mol. The van der Waals surface area contributed by atoms with Gasteiger partial charge in [0, 0.05) is 13.1 Å². The number of ether oxygens (including phenoxy) is 1. The van der Waals surface area contributed by atoms with E-state index in [0.29, 0.717) is 13.2 Å². The fourth-order valence-electron chi connectivity index (χ4n) is 0.829. The van der Waals surface area contributed by atoms with Gasteiger partial charge in [-0.05, 0) is 6.92 Å². The van der Waals surface area contributed by atoms with Crippen LogP contribution in [0.4, 0.5) is 4.39 Å². The molecule has 1 aliphatic heterocycles. The highest BCUT2D eigenvalue weighted by molar-refractivity contribution is 4.77. The Morgan fingerprint density at radius 2 is 2.44 bits per heavy atom. The molecule has 0 aliphatic carbocycles. The lowest BCUT2D eigenvalue weighted by atomic mass is 10.1. The smallest absolute Gasteiger partial charge is 0.143 e. The largest absolute Gasteiger partial charge is 0.377 e. The van der Waals surface area contributed by atoms with Gasteiger partial charge in [0.2, 0.25) is 0 Å². The third kappa shape index (κ3) is 2.28. The quantitative estimate of drug-likeness (QED) is 0.514. The average molecular weight is 133 g/mol. The van der Waals surface area contributed by atoms with E-state index in [-0.39, 0.29) is 6.61 Å². The summed E-state index contributed by atoms with van der Waals surface area (Å²) in [5.74, 6) is 0. The molecule has 1 rings (SSSR count). The Hall–Kier alpha value is -0.150. The fraction of sp³-hybridized carbons (Fsp3) is 1.00. The maximum absolute atomic E-state index is 12.9. The molecule has 0 amide bonds. The van der Waals surface area contributed by atoms with Crippen molar-refractivity contribution in [1.29, 1.82) is 0 Å². The molecule has 0 radical (unpaired) electrons. The van der Waals surface area contributed by atoms with Crippen LogP contribution < -0.4 is 5.32 Å². The Morgan fingerprint density at radius 3 is 3.22 bits per heavy atom. The Morgan fingerprint density at radius 1 is 1.67 bits per heavy atom. The molecule has 3 heteroatoms. The van der Waals surface area contributed by atoms with Gasteiger partial charge in [-0.2, -0.15) is 0 Å². The molecule has 0 saturated carbocycles. The molecule has 0 aromatic rings. The molecule has 1 fully saturated rings. The number of halogens is 1. The van der Waals surface area contributed by atoms with Crippen molar-refractivity contribution in [2.45, 2.75) is 12.6 Å². The summed E-state index contributed by atoms with van der Waals surface area (Å²) in [7, 11) is 0. The Balaban J connectivity index is 2.36. The second kappa shape index (κ2) is 2.62. The average Bonchev–Trinajstić information content (AvgIpc) is 1.92. The Labute approximate surface area is 54.4 Å². The third-order valence-corrected chi connectivity index (χ3v) is 1.32. The zero-order valence-electron chi connectivity index (χ0n) is 5.61. The Bertz CT molecular complexity index is 85.1. The number of rotatable bonds is 0. The SMILES string of the molecule is CC1(F)CNCCOC1. The normalized spacial score (nSPS) is 38.0. The van der Waals surface area contributed by atoms with Crippen molar-refractivity contribution in [2.24, 2.45) is 0 Å². The second-order valence-electron chi connectivity index (χ2n) is 2.64. The van der Waals surface area contributed by atoms with E-state index in [2.05, 4.69) is 5.32 Å². The van der Waals surface area contributed by atoms with Crippen LogP contribution in [0, 0.1) is 0 Å². The minimum Gasteiger partial charge on any atom is -0.377 e. The van der Waals surface area contributed by atoms with Gasteiger partial charge in [0.05, 0.1) is 13.2 Å². The van der Waals surface area contributed by atoms with Gasteiger partial charge >= 0.3 is 0 Å². The molecule has 0 aromatic carbocycles. The van der Waals surface area contributed by atoms with Crippen LogP contribution in [-0.2, 0) is 4.74 Å². The standard InChI is InChI=1S/C6H12FNO/c1-6(7)4-8-2-3-9-5-6/h8H,2-5H2,1H3. The van der Waals surface area contributed by atoms with Gasteiger partial charge in [-0.25, -0.2) is 4.39 Å². The molecule has 2 nitrogen and oxygen atoms in total. The van der Waals surface area contributed by atoms with Crippen molar-refractivity contribution < 1.29 is 9.13 Å². The Kier molecular flexibility index (Phi) is 2.03. The maximum Gasteiger partial charge on any atom is 0.143 e. The first-order valence-corrected chi connectivity index (χ1v) is 3.18. The van der Waals surface area contributed by atoms with Crippen molar-refractivity contribution in [2.75, 3.05) is 26.3 Å². The number of alkyl halides is 1. The summed E-state index contributed by atoms with van der Waals surface area (Å²) in [6.07, 6.45) is 0. The van der Waals surface area contributed by atoms with E-state index in [9.17, 15) is 4.39 Å². The highest BCUT2D eigenvalue weighted by Gasteiger charge is 2.24. The van der Waals surface area contributed by atoms with Gasteiger partial charge in [0.25, 0.3) is 0 Å². The van der Waals surface area contributed by atoms with E-state index >= 15 is 0 Å². The molecular weight excluding hydrogens is 121 g/mol. The van der Waals surface area contributed by atoms with Crippen molar-refractivity contribution >= 4 is 0 Å². The van der Waals surface area contributed by atoms with Crippen LogP contribution in [0.1, 0.15) is 6.92 Å². The van der Waals surface area contributed by atoms with Gasteiger partial charge in [-0.3, -0.25) is 0 Å². The topological polar surface area (TPSA) is 21.3 Å². The summed E-state index contributed by atoms with van der Waals surface area (Å²) in [6, 6.07) is 0. The molecule has 0 spiro atoms. The van der Waals surface area contributed by atoms with Crippen LogP contribution in [0.5, 0.6) is 0 Å². The van der Waals surface area contributed by atoms with E-state index in [1.54, 1.807) is 6.92 Å². The van der Waals surface area contributed by atoms with Gasteiger partial charge < -0.3 is 10.1 Å². The van der Waals surface area contributed by atoms with Crippen LogP contribution in [0.2, 0.25) is 0 Å². The second-order valence-corrected chi connectivity index (χ2v) is 2.64. The molecule has 1 N–H and O–H groups in total. The van der Waals surface area contributed by atoms with Gasteiger partial charge in [-0.1, -0.05) is 0 Å². The first kappa shape index (κ1) is 6.96. The van der Waals surface area contributed by atoms with E-state index in [4.69, 9.17) is 4.74 Å². The molecule has 54 valence electrons. The molecular formula is C6H12FNO. The fourth-order valence-corrected chi connectivity index (χ4v) is 0.829. The van der Waals surface area contributed by atoms with E-state index in [1.807, 2.05) is 0 Å². The summed E-state index contributed by atoms with van der Waals surface area (Å²) >= 11 is 0. The zero-order valence-corrected chi connectivity index (χ0v) is 5.61. The summed E-state index contributed by atoms with van der Waals surface area (Å²) in [5.41, 5.74) is -1.17. The van der Waals surface area contributed by atoms with E-state index < -0.39 is 5.67 Å². The minimum absolute atomic E-state index is 0.222. The van der Waals surface area contributed by atoms with Crippen molar-refractivity contribution in [3.8, 4) is 0 Å². The van der Waals surface area contributed by atoms with Crippen molar-refractivity contribution in [3.63, 3.8) is 0 Å². The van der Waals surface area contributed by atoms with Gasteiger partial charge in [-0.15, -0.1) is 0 Å². The molecule has 1 saturated heterocycles. The maximum atomic E-state index is 12.9. The van der Waals surface area contributed by atoms with E-state index in [1.165, 1.54) is 0 Å². The summed E-state index contributed by atoms with van der Waals surface area (Å²) in [6.45, 7) is 3.57. The summed E-state index contributed by atoms with van der Waals surface area (Å²) in [5, 5.41) is 2.94. The van der Waals surface area contributed by atoms with Crippen molar-refractivity contribution in [1.82, 2.24) is 5.32 Å². The lowest BCUT2D eigenvalue weighted by Gasteiger charge is -2.15. The van der Waals surface area contributed by atoms with Gasteiger partial charge in [0.1, 0.15) is 5.67 Å². The minimum atomic E-state index is -1.17. The molecule has 9 heavy (non-hydrogen) atoms. The highest BCUT2D eigenvalue weighted by atomic mass is 19.1. The van der Waals surface area contributed by atoms with Gasteiger partial charge in [0.15, 0.2) is 0 Å². The summed E-state index contributed by atoms with van der Waals surface area (Å²) < 4.78 is 17.9. The molecule has 0 aromatic heterocycles. The predicted molar refractivity (Wildman–Crippen MR) is 33.2 cm³/mol. The molecule has 0 bridgehead atoms. The number of hydrogen-bond acceptors (Lipinski definition) is 2. The van der Waals surface area contributed by atoms with Crippen LogP contribution in [0.25, 0.3) is 0 Å². The van der Waals surface area contributed by atoms with Crippen LogP contribution in [-0.4, -0.2) is 32.0 Å². The van der Waals surface area contributed by atoms with Crippen LogP contribution >= 0.6 is 0 Å². The number of nitrogens with one attached hydrogen (secondary N) is 1. The lowest BCUT2D eigenvalue weighted by Crippen LogP contribution is -2.34. The third-order valence-electron chi connectivity index (χ3n) is 1.32. The first-order chi connectivity index (χ1) is 4.21. The molecule has 1 heterocycles. The first-order valence-electron chi connectivity index (χ1n) is 3.18. The summed E-state index contributed by atoms with van der Waals surface area (Å²) in [4.78, 5) is 0. The van der Waals surface area contributed by atoms with E-state index in [0.717, 1.165) is 6.54 Å². The lowest BCUT2D eigenvalue weighted by molar-refractivity contribution is 0.0503. The molecule has 1 aliphatic rings. The highest BCUT2D eigenvalue weighted by Crippen LogP contribution is 2.10.